The molecule has 0 aliphatic carbocycles. The molecule has 1 saturated heterocycles. The zero-order valence-electron chi connectivity index (χ0n) is 12.6. The van der Waals surface area contributed by atoms with Crippen molar-refractivity contribution in [1.29, 1.82) is 0 Å². The third-order valence-corrected chi connectivity index (χ3v) is 4.29. The van der Waals surface area contributed by atoms with Gasteiger partial charge in [-0.1, -0.05) is 12.1 Å². The molecule has 1 aliphatic rings. The van der Waals surface area contributed by atoms with Gasteiger partial charge in [0.1, 0.15) is 11.8 Å². The predicted molar refractivity (Wildman–Crippen MR) is 90.7 cm³/mol. The zero-order chi connectivity index (χ0) is 16.7. The van der Waals surface area contributed by atoms with Crippen LogP contribution in [0.2, 0.25) is 0 Å². The zero-order valence-corrected chi connectivity index (χ0v) is 13.3. The van der Waals surface area contributed by atoms with Crippen molar-refractivity contribution in [1.82, 2.24) is 19.4 Å². The maximum Gasteiger partial charge on any atom is 0.255 e. The van der Waals surface area contributed by atoms with E-state index in [1.165, 1.54) is 0 Å². The summed E-state index contributed by atoms with van der Waals surface area (Å²) in [6.45, 7) is 8.14. The number of aromatic nitrogens is 3. The molecule has 6 nitrogen and oxygen atoms in total. The van der Waals surface area contributed by atoms with Crippen LogP contribution in [0.4, 0.5) is 5.69 Å². The van der Waals surface area contributed by atoms with E-state index in [0.717, 1.165) is 5.69 Å². The van der Waals surface area contributed by atoms with E-state index >= 15 is 0 Å². The minimum Gasteiger partial charge on any atom is -0.335 e. The van der Waals surface area contributed by atoms with Crippen molar-refractivity contribution in [2.45, 2.75) is 5.38 Å². The third-order valence-electron chi connectivity index (χ3n) is 4.02. The average Bonchev–Trinajstić information content (AvgIpc) is 3.01. The number of amides is 1. The van der Waals surface area contributed by atoms with Crippen LogP contribution in [-0.2, 0) is 0 Å². The van der Waals surface area contributed by atoms with Gasteiger partial charge in [-0.15, -0.1) is 11.6 Å². The molecule has 1 aliphatic heterocycles. The lowest BCUT2D eigenvalue weighted by molar-refractivity contribution is 0.0659. The normalized spacial score (nSPS) is 14.4. The predicted octanol–water partition coefficient (Wildman–Crippen LogP) is 3.03. The fourth-order valence-electron chi connectivity index (χ4n) is 2.67. The molecule has 7 heteroatoms. The first-order valence-corrected chi connectivity index (χ1v) is 7.83. The summed E-state index contributed by atoms with van der Waals surface area (Å²) in [7, 11) is 0. The quantitative estimate of drug-likeness (QED) is 0.533. The van der Waals surface area contributed by atoms with Crippen LogP contribution < -0.4 is 0 Å². The number of benzene rings is 1. The van der Waals surface area contributed by atoms with Crippen molar-refractivity contribution >= 4 is 34.4 Å². The van der Waals surface area contributed by atoms with Gasteiger partial charge in [0, 0.05) is 25.0 Å². The van der Waals surface area contributed by atoms with Crippen LogP contribution in [0.1, 0.15) is 10.4 Å². The van der Waals surface area contributed by atoms with Crippen molar-refractivity contribution in [3.05, 3.63) is 59.8 Å². The molecule has 0 spiro atoms. The number of rotatable bonds is 2. The van der Waals surface area contributed by atoms with Crippen LogP contribution in [-0.4, -0.2) is 43.8 Å². The Kier molecular flexibility index (Phi) is 3.44. The Morgan fingerprint density at radius 1 is 1.25 bits per heavy atom. The number of hydrogen-bond acceptors (Lipinski definition) is 3. The van der Waals surface area contributed by atoms with Crippen LogP contribution in [0.25, 0.3) is 21.7 Å². The number of nitrogens with zero attached hydrogens (tertiary/aromatic N) is 5. The Balaban J connectivity index is 1.67. The first-order chi connectivity index (χ1) is 11.7. The number of fused-ring (bicyclic) bond motifs is 1. The topological polar surface area (TPSA) is 55.4 Å². The van der Waals surface area contributed by atoms with Gasteiger partial charge in [0.25, 0.3) is 5.91 Å². The third kappa shape index (κ3) is 2.39. The average molecular weight is 338 g/mol. The maximum atomic E-state index is 12.3. The summed E-state index contributed by atoms with van der Waals surface area (Å²) in [6.07, 6.45) is 3.23. The van der Waals surface area contributed by atoms with Crippen molar-refractivity contribution in [3.8, 4) is 5.69 Å². The molecule has 1 fully saturated rings. The number of halogens is 1. The van der Waals surface area contributed by atoms with E-state index in [0.29, 0.717) is 35.5 Å². The summed E-state index contributed by atoms with van der Waals surface area (Å²) in [4.78, 5) is 26.1. The van der Waals surface area contributed by atoms with Gasteiger partial charge in [0.2, 0.25) is 0 Å². The number of likely N-dealkylation sites (tertiary alicyclic amines) is 1. The fraction of sp³-hybridized carbons (Fsp3) is 0.176. The molecule has 0 saturated carbocycles. The Morgan fingerprint density at radius 2 is 2.00 bits per heavy atom. The SMILES string of the molecule is [C-]#[N+]c1ccc(-n2cnc3cc(C(=O)N4CC(Cl)C4)cnc32)cc1. The number of carbonyl (C=O) groups excluding carboxylic acids is 1. The lowest BCUT2D eigenvalue weighted by Gasteiger charge is -2.35. The standard InChI is InChI=1S/C17H12ClN5O/c1-19-13-2-4-14(5-3-13)23-10-21-15-6-11(7-20-16(15)23)17(24)22-8-12(18)9-22/h2-7,10,12H,8-9H2. The molecule has 0 N–H and O–H groups in total. The molecule has 0 bridgehead atoms. The van der Waals surface area contributed by atoms with Gasteiger partial charge in [-0.3, -0.25) is 9.36 Å². The molecule has 3 heterocycles. The second-order valence-electron chi connectivity index (χ2n) is 5.62. The van der Waals surface area contributed by atoms with E-state index in [4.69, 9.17) is 18.2 Å². The second kappa shape index (κ2) is 5.62. The molecule has 3 aromatic rings. The van der Waals surface area contributed by atoms with Crippen LogP contribution in [0.5, 0.6) is 0 Å². The molecular formula is C17H12ClN5O. The van der Waals surface area contributed by atoms with Gasteiger partial charge in [0.05, 0.1) is 17.5 Å². The minimum atomic E-state index is -0.0720. The summed E-state index contributed by atoms with van der Waals surface area (Å²) in [5.74, 6) is -0.0720. The first kappa shape index (κ1) is 14.7. The van der Waals surface area contributed by atoms with Gasteiger partial charge in [-0.2, -0.15) is 0 Å². The smallest absolute Gasteiger partial charge is 0.255 e. The van der Waals surface area contributed by atoms with E-state index in [2.05, 4.69) is 14.8 Å². The number of hydrogen-bond donors (Lipinski definition) is 0. The first-order valence-electron chi connectivity index (χ1n) is 7.40. The van der Waals surface area contributed by atoms with Crippen LogP contribution in [0.3, 0.4) is 0 Å². The molecule has 1 amide bonds. The lowest BCUT2D eigenvalue weighted by atomic mass is 10.1. The summed E-state index contributed by atoms with van der Waals surface area (Å²) < 4.78 is 1.83. The maximum absolute atomic E-state index is 12.3. The highest BCUT2D eigenvalue weighted by molar-refractivity contribution is 6.22. The number of pyridine rings is 1. The molecule has 0 unspecified atom stereocenters. The van der Waals surface area contributed by atoms with E-state index < -0.39 is 0 Å². The van der Waals surface area contributed by atoms with Gasteiger partial charge in [0.15, 0.2) is 11.3 Å². The van der Waals surface area contributed by atoms with E-state index in [1.807, 2.05) is 16.7 Å². The van der Waals surface area contributed by atoms with E-state index in [-0.39, 0.29) is 11.3 Å². The van der Waals surface area contributed by atoms with E-state index in [9.17, 15) is 4.79 Å². The second-order valence-corrected chi connectivity index (χ2v) is 6.23. The molecule has 24 heavy (non-hydrogen) atoms. The highest BCUT2D eigenvalue weighted by atomic mass is 35.5. The Labute approximate surface area is 143 Å². The van der Waals surface area contributed by atoms with Gasteiger partial charge >= 0.3 is 0 Å². The summed E-state index contributed by atoms with van der Waals surface area (Å²) in [5.41, 5.74) is 3.28. The largest absolute Gasteiger partial charge is 0.335 e. The van der Waals surface area contributed by atoms with Crippen molar-refractivity contribution < 1.29 is 4.79 Å². The van der Waals surface area contributed by atoms with Gasteiger partial charge < -0.3 is 4.90 Å². The van der Waals surface area contributed by atoms with Crippen LogP contribution >= 0.6 is 11.6 Å². The highest BCUT2D eigenvalue weighted by Crippen LogP contribution is 2.22. The Morgan fingerprint density at radius 3 is 2.67 bits per heavy atom. The minimum absolute atomic E-state index is 0.0447. The summed E-state index contributed by atoms with van der Waals surface area (Å²) in [6, 6.07) is 8.93. The lowest BCUT2D eigenvalue weighted by Crippen LogP contribution is -2.50. The molecule has 1 aromatic carbocycles. The van der Waals surface area contributed by atoms with E-state index in [1.54, 1.807) is 35.6 Å². The number of imidazole rings is 1. The number of alkyl halides is 1. The van der Waals surface area contributed by atoms with Crippen molar-refractivity contribution in [3.63, 3.8) is 0 Å². The van der Waals surface area contributed by atoms with Gasteiger partial charge in [-0.05, 0) is 18.2 Å². The monoisotopic (exact) mass is 337 g/mol. The van der Waals surface area contributed by atoms with Crippen molar-refractivity contribution in [2.24, 2.45) is 0 Å². The molecular weight excluding hydrogens is 326 g/mol. The molecule has 118 valence electrons. The van der Waals surface area contributed by atoms with Gasteiger partial charge in [-0.25, -0.2) is 14.8 Å². The fourth-order valence-corrected chi connectivity index (χ4v) is 3.00. The molecule has 2 aromatic heterocycles. The van der Waals surface area contributed by atoms with Crippen LogP contribution in [0.15, 0.2) is 42.9 Å². The molecule has 0 atom stereocenters. The molecule has 4 rings (SSSR count). The highest BCUT2D eigenvalue weighted by Gasteiger charge is 2.29. The Bertz CT molecular complexity index is 967. The Hall–Kier alpha value is -2.91. The molecule has 0 radical (unpaired) electrons. The summed E-state index contributed by atoms with van der Waals surface area (Å²) >= 11 is 5.92. The van der Waals surface area contributed by atoms with Crippen molar-refractivity contribution in [2.75, 3.05) is 13.1 Å². The summed E-state index contributed by atoms with van der Waals surface area (Å²) in [5, 5.41) is 0.0447. The number of carbonyl (C=O) groups is 1. The van der Waals surface area contributed by atoms with Crippen LogP contribution in [0, 0.1) is 6.57 Å².